The first kappa shape index (κ1) is 13.5. The predicted octanol–water partition coefficient (Wildman–Crippen LogP) is 3.38. The third-order valence-corrected chi connectivity index (χ3v) is 3.20. The Morgan fingerprint density at radius 3 is 3.00 bits per heavy atom. The molecule has 1 fully saturated rings. The summed E-state index contributed by atoms with van der Waals surface area (Å²) < 4.78 is 17.1. The van der Waals surface area contributed by atoms with Gasteiger partial charge in [0.05, 0.1) is 19.1 Å². The lowest BCUT2D eigenvalue weighted by Gasteiger charge is -2.25. The van der Waals surface area contributed by atoms with Crippen LogP contribution in [0.15, 0.2) is 18.2 Å². The molecule has 4 heteroatoms. The van der Waals surface area contributed by atoms with Crippen molar-refractivity contribution in [1.82, 2.24) is 0 Å². The van der Waals surface area contributed by atoms with Crippen molar-refractivity contribution in [3.8, 4) is 11.5 Å². The molecule has 1 aliphatic heterocycles. The Morgan fingerprint density at radius 2 is 2.33 bits per heavy atom. The van der Waals surface area contributed by atoms with Gasteiger partial charge in [0.1, 0.15) is 6.10 Å². The summed E-state index contributed by atoms with van der Waals surface area (Å²) in [6.07, 6.45) is 2.15. The monoisotopic (exact) mass is 270 g/mol. The highest BCUT2D eigenvalue weighted by atomic mass is 35.5. The second-order valence-electron chi connectivity index (χ2n) is 4.27. The van der Waals surface area contributed by atoms with Crippen LogP contribution in [0.1, 0.15) is 25.3 Å². The highest BCUT2D eigenvalue weighted by molar-refractivity contribution is 6.17. The zero-order chi connectivity index (χ0) is 12.8. The van der Waals surface area contributed by atoms with E-state index in [0.717, 1.165) is 36.5 Å². The standard InChI is InChI=1S/C14H19ClO3/c1-2-17-13-7-3-5-11(9-15)14(13)18-12-6-4-8-16-10-12/h3,5,7,12H,2,4,6,8-10H2,1H3. The van der Waals surface area contributed by atoms with Gasteiger partial charge < -0.3 is 14.2 Å². The molecule has 18 heavy (non-hydrogen) atoms. The third kappa shape index (κ3) is 3.30. The normalized spacial score (nSPS) is 19.6. The van der Waals surface area contributed by atoms with Gasteiger partial charge in [0.15, 0.2) is 11.5 Å². The lowest BCUT2D eigenvalue weighted by atomic mass is 10.1. The summed E-state index contributed by atoms with van der Waals surface area (Å²) in [6.45, 7) is 4.04. The number of rotatable bonds is 5. The number of alkyl halides is 1. The number of hydrogen-bond donors (Lipinski definition) is 0. The topological polar surface area (TPSA) is 27.7 Å². The summed E-state index contributed by atoms with van der Waals surface area (Å²) in [4.78, 5) is 0. The molecule has 0 amide bonds. The number of hydrogen-bond acceptors (Lipinski definition) is 3. The molecule has 1 aromatic carbocycles. The highest BCUT2D eigenvalue weighted by Crippen LogP contribution is 2.34. The summed E-state index contributed by atoms with van der Waals surface area (Å²) >= 11 is 5.96. The number of ether oxygens (including phenoxy) is 3. The molecule has 2 rings (SSSR count). The Morgan fingerprint density at radius 1 is 1.44 bits per heavy atom. The van der Waals surface area contributed by atoms with E-state index in [1.54, 1.807) is 0 Å². The lowest BCUT2D eigenvalue weighted by molar-refractivity contribution is 0.00592. The molecule has 1 saturated heterocycles. The van der Waals surface area contributed by atoms with E-state index in [1.165, 1.54) is 0 Å². The Kier molecular flexibility index (Phi) is 5.14. The maximum absolute atomic E-state index is 6.03. The van der Waals surface area contributed by atoms with Gasteiger partial charge in [-0.2, -0.15) is 0 Å². The van der Waals surface area contributed by atoms with Crippen molar-refractivity contribution in [3.63, 3.8) is 0 Å². The van der Waals surface area contributed by atoms with Gasteiger partial charge in [-0.1, -0.05) is 12.1 Å². The van der Waals surface area contributed by atoms with Crippen molar-refractivity contribution in [2.45, 2.75) is 31.7 Å². The predicted molar refractivity (Wildman–Crippen MR) is 71.6 cm³/mol. The Bertz CT molecular complexity index is 375. The minimum absolute atomic E-state index is 0.0994. The van der Waals surface area contributed by atoms with Crippen molar-refractivity contribution >= 4 is 11.6 Å². The molecule has 1 unspecified atom stereocenters. The van der Waals surface area contributed by atoms with Gasteiger partial charge in [0, 0.05) is 12.2 Å². The molecule has 1 aliphatic rings. The smallest absolute Gasteiger partial charge is 0.166 e. The van der Waals surface area contributed by atoms with E-state index in [-0.39, 0.29) is 6.10 Å². The van der Waals surface area contributed by atoms with Crippen molar-refractivity contribution in [2.75, 3.05) is 19.8 Å². The van der Waals surface area contributed by atoms with Crippen LogP contribution in [0.5, 0.6) is 11.5 Å². The molecule has 1 atom stereocenters. The largest absolute Gasteiger partial charge is 0.490 e. The Hall–Kier alpha value is -0.930. The van der Waals surface area contributed by atoms with Crippen LogP contribution in [-0.4, -0.2) is 25.9 Å². The first-order chi connectivity index (χ1) is 8.85. The van der Waals surface area contributed by atoms with Crippen LogP contribution in [-0.2, 0) is 10.6 Å². The maximum Gasteiger partial charge on any atom is 0.166 e. The molecule has 0 N–H and O–H groups in total. The average molecular weight is 271 g/mol. The van der Waals surface area contributed by atoms with E-state index in [4.69, 9.17) is 25.8 Å². The van der Waals surface area contributed by atoms with Crippen molar-refractivity contribution < 1.29 is 14.2 Å². The zero-order valence-corrected chi connectivity index (χ0v) is 11.4. The van der Waals surface area contributed by atoms with Crippen molar-refractivity contribution in [2.24, 2.45) is 0 Å². The molecule has 3 nitrogen and oxygen atoms in total. The van der Waals surface area contributed by atoms with E-state index in [9.17, 15) is 0 Å². The van der Waals surface area contributed by atoms with E-state index in [2.05, 4.69) is 0 Å². The second kappa shape index (κ2) is 6.86. The lowest BCUT2D eigenvalue weighted by Crippen LogP contribution is -2.28. The summed E-state index contributed by atoms with van der Waals surface area (Å²) in [7, 11) is 0. The first-order valence-corrected chi connectivity index (χ1v) is 6.93. The minimum Gasteiger partial charge on any atom is -0.490 e. The zero-order valence-electron chi connectivity index (χ0n) is 10.7. The van der Waals surface area contributed by atoms with Gasteiger partial charge in [-0.15, -0.1) is 11.6 Å². The summed E-state index contributed by atoms with van der Waals surface area (Å²) in [6, 6.07) is 5.82. The van der Waals surface area contributed by atoms with Crippen LogP contribution in [0.25, 0.3) is 0 Å². The van der Waals surface area contributed by atoms with E-state index in [1.807, 2.05) is 25.1 Å². The fraction of sp³-hybridized carbons (Fsp3) is 0.571. The Labute approximate surface area is 113 Å². The molecule has 1 heterocycles. The highest BCUT2D eigenvalue weighted by Gasteiger charge is 2.19. The average Bonchev–Trinajstić information content (AvgIpc) is 2.42. The maximum atomic E-state index is 6.03. The van der Waals surface area contributed by atoms with Crippen LogP contribution in [0.3, 0.4) is 0 Å². The molecule has 0 spiro atoms. The van der Waals surface area contributed by atoms with Gasteiger partial charge in [0.25, 0.3) is 0 Å². The minimum atomic E-state index is 0.0994. The quantitative estimate of drug-likeness (QED) is 0.768. The van der Waals surface area contributed by atoms with E-state index in [0.29, 0.717) is 19.1 Å². The molecule has 0 radical (unpaired) electrons. The number of halogens is 1. The molecule has 0 bridgehead atoms. The van der Waals surface area contributed by atoms with E-state index >= 15 is 0 Å². The van der Waals surface area contributed by atoms with Crippen molar-refractivity contribution in [1.29, 1.82) is 0 Å². The third-order valence-electron chi connectivity index (χ3n) is 2.91. The van der Waals surface area contributed by atoms with Gasteiger partial charge in [-0.05, 0) is 25.8 Å². The molecular formula is C14H19ClO3. The number of benzene rings is 1. The summed E-state index contributed by atoms with van der Waals surface area (Å²) in [5.41, 5.74) is 0.966. The molecular weight excluding hydrogens is 252 g/mol. The van der Waals surface area contributed by atoms with Gasteiger partial charge in [-0.3, -0.25) is 0 Å². The molecule has 0 aromatic heterocycles. The van der Waals surface area contributed by atoms with Crippen LogP contribution < -0.4 is 9.47 Å². The Balaban J connectivity index is 2.16. The molecule has 1 aromatic rings. The van der Waals surface area contributed by atoms with Crippen molar-refractivity contribution in [3.05, 3.63) is 23.8 Å². The summed E-state index contributed by atoms with van der Waals surface area (Å²) in [5, 5.41) is 0. The fourth-order valence-corrected chi connectivity index (χ4v) is 2.25. The fourth-order valence-electron chi connectivity index (χ4n) is 2.04. The first-order valence-electron chi connectivity index (χ1n) is 6.40. The second-order valence-corrected chi connectivity index (χ2v) is 4.54. The number of para-hydroxylation sites is 1. The van der Waals surface area contributed by atoms with Crippen LogP contribution in [0, 0.1) is 0 Å². The van der Waals surface area contributed by atoms with Crippen LogP contribution in [0.2, 0.25) is 0 Å². The SMILES string of the molecule is CCOc1cccc(CCl)c1OC1CCCOC1. The van der Waals surface area contributed by atoms with E-state index < -0.39 is 0 Å². The van der Waals surface area contributed by atoms with Crippen LogP contribution >= 0.6 is 11.6 Å². The van der Waals surface area contributed by atoms with Gasteiger partial charge in [-0.25, -0.2) is 0 Å². The molecule has 0 aliphatic carbocycles. The van der Waals surface area contributed by atoms with Crippen LogP contribution in [0.4, 0.5) is 0 Å². The van der Waals surface area contributed by atoms with Gasteiger partial charge in [0.2, 0.25) is 0 Å². The van der Waals surface area contributed by atoms with Gasteiger partial charge >= 0.3 is 0 Å². The molecule has 100 valence electrons. The summed E-state index contributed by atoms with van der Waals surface area (Å²) in [5.74, 6) is 1.95. The molecule has 0 saturated carbocycles.